The van der Waals surface area contributed by atoms with Crippen LogP contribution >= 0.6 is 0 Å². The first-order chi connectivity index (χ1) is 8.40. The van der Waals surface area contributed by atoms with Crippen LogP contribution in [0.2, 0.25) is 0 Å². The number of aromatic nitrogens is 1. The first-order valence-electron chi connectivity index (χ1n) is 6.27. The van der Waals surface area contributed by atoms with Crippen molar-refractivity contribution in [3.63, 3.8) is 0 Å². The van der Waals surface area contributed by atoms with Crippen LogP contribution in [0.1, 0.15) is 24.8 Å². The van der Waals surface area contributed by atoms with Crippen LogP contribution in [-0.4, -0.2) is 24.7 Å². The summed E-state index contributed by atoms with van der Waals surface area (Å²) >= 11 is 0. The molecular formula is C14H20N2O. The number of nitrogens with one attached hydrogen (secondary N) is 1. The van der Waals surface area contributed by atoms with E-state index in [1.54, 1.807) is 0 Å². The maximum absolute atomic E-state index is 5.40. The standard InChI is InChI=1S/C14H20N2O/c1-15-14(13-3-2-10-17-11-13)5-4-12-6-8-16-9-7-12/h6-9,11,14-15H,2-5,10H2,1H3. The van der Waals surface area contributed by atoms with Crippen molar-refractivity contribution in [3.05, 3.63) is 41.9 Å². The maximum Gasteiger partial charge on any atom is 0.0876 e. The number of pyridine rings is 1. The Kier molecular flexibility index (Phi) is 4.56. The van der Waals surface area contributed by atoms with Crippen LogP contribution in [0.5, 0.6) is 0 Å². The summed E-state index contributed by atoms with van der Waals surface area (Å²) in [6, 6.07) is 4.60. The fourth-order valence-corrected chi connectivity index (χ4v) is 2.22. The minimum absolute atomic E-state index is 0.434. The molecule has 0 radical (unpaired) electrons. The van der Waals surface area contributed by atoms with E-state index < -0.39 is 0 Å². The van der Waals surface area contributed by atoms with Crippen molar-refractivity contribution in [2.75, 3.05) is 13.7 Å². The van der Waals surface area contributed by atoms with Gasteiger partial charge in [0.15, 0.2) is 0 Å². The van der Waals surface area contributed by atoms with Crippen molar-refractivity contribution in [1.82, 2.24) is 10.3 Å². The predicted octanol–water partition coefficient (Wildman–Crippen LogP) is 2.30. The van der Waals surface area contributed by atoms with E-state index in [-0.39, 0.29) is 0 Å². The summed E-state index contributed by atoms with van der Waals surface area (Å²) in [4.78, 5) is 4.04. The van der Waals surface area contributed by atoms with E-state index >= 15 is 0 Å². The van der Waals surface area contributed by atoms with E-state index in [4.69, 9.17) is 4.74 Å². The van der Waals surface area contributed by atoms with Crippen molar-refractivity contribution in [2.24, 2.45) is 0 Å². The lowest BCUT2D eigenvalue weighted by atomic mass is 9.96. The van der Waals surface area contributed by atoms with Crippen LogP contribution < -0.4 is 5.32 Å². The molecule has 92 valence electrons. The third kappa shape index (κ3) is 3.56. The normalized spacial score (nSPS) is 17.1. The lowest BCUT2D eigenvalue weighted by molar-refractivity contribution is 0.219. The van der Waals surface area contributed by atoms with Gasteiger partial charge in [0.2, 0.25) is 0 Å². The molecule has 1 aromatic rings. The molecule has 0 fully saturated rings. The van der Waals surface area contributed by atoms with Crippen LogP contribution in [0.4, 0.5) is 0 Å². The molecule has 1 aliphatic rings. The van der Waals surface area contributed by atoms with Gasteiger partial charge in [0.25, 0.3) is 0 Å². The van der Waals surface area contributed by atoms with Gasteiger partial charge in [0.1, 0.15) is 0 Å². The quantitative estimate of drug-likeness (QED) is 0.846. The van der Waals surface area contributed by atoms with Gasteiger partial charge < -0.3 is 10.1 Å². The number of hydrogen-bond donors (Lipinski definition) is 1. The highest BCUT2D eigenvalue weighted by atomic mass is 16.5. The maximum atomic E-state index is 5.40. The minimum atomic E-state index is 0.434. The summed E-state index contributed by atoms with van der Waals surface area (Å²) in [5.74, 6) is 0. The summed E-state index contributed by atoms with van der Waals surface area (Å²) in [5.41, 5.74) is 2.74. The van der Waals surface area contributed by atoms with Crippen LogP contribution in [0.3, 0.4) is 0 Å². The molecule has 0 spiro atoms. The molecular weight excluding hydrogens is 212 g/mol. The smallest absolute Gasteiger partial charge is 0.0876 e. The Balaban J connectivity index is 1.89. The van der Waals surface area contributed by atoms with Crippen LogP contribution in [0, 0.1) is 0 Å². The Hall–Kier alpha value is -1.35. The fourth-order valence-electron chi connectivity index (χ4n) is 2.22. The van der Waals surface area contributed by atoms with Crippen molar-refractivity contribution >= 4 is 0 Å². The summed E-state index contributed by atoms with van der Waals surface area (Å²) in [6.07, 6.45) is 10.1. The zero-order valence-corrected chi connectivity index (χ0v) is 10.4. The van der Waals surface area contributed by atoms with Crippen molar-refractivity contribution in [2.45, 2.75) is 31.7 Å². The third-order valence-corrected chi connectivity index (χ3v) is 3.23. The minimum Gasteiger partial charge on any atom is -0.501 e. The molecule has 2 heterocycles. The van der Waals surface area contributed by atoms with Gasteiger partial charge in [0.05, 0.1) is 12.9 Å². The molecule has 17 heavy (non-hydrogen) atoms. The van der Waals surface area contributed by atoms with Gasteiger partial charge in [0, 0.05) is 18.4 Å². The molecule has 1 aliphatic heterocycles. The van der Waals surface area contributed by atoms with Gasteiger partial charge in [-0.15, -0.1) is 0 Å². The average Bonchev–Trinajstić information content (AvgIpc) is 2.42. The zero-order chi connectivity index (χ0) is 11.9. The summed E-state index contributed by atoms with van der Waals surface area (Å²) < 4.78 is 5.40. The molecule has 0 bridgehead atoms. The highest BCUT2D eigenvalue weighted by Crippen LogP contribution is 2.19. The van der Waals surface area contributed by atoms with E-state index in [1.165, 1.54) is 11.1 Å². The van der Waals surface area contributed by atoms with Gasteiger partial charge >= 0.3 is 0 Å². The first kappa shape index (κ1) is 12.1. The van der Waals surface area contributed by atoms with Crippen LogP contribution in [0.15, 0.2) is 36.4 Å². The van der Waals surface area contributed by atoms with Gasteiger partial charge in [-0.1, -0.05) is 0 Å². The predicted molar refractivity (Wildman–Crippen MR) is 68.7 cm³/mol. The SMILES string of the molecule is CNC(CCc1ccncc1)C1=COCCC1. The number of ether oxygens (including phenoxy) is 1. The monoisotopic (exact) mass is 232 g/mol. The lowest BCUT2D eigenvalue weighted by Crippen LogP contribution is -2.29. The molecule has 3 nitrogen and oxygen atoms in total. The van der Waals surface area contributed by atoms with E-state index in [9.17, 15) is 0 Å². The van der Waals surface area contributed by atoms with Gasteiger partial charge in [-0.25, -0.2) is 0 Å². The molecule has 0 saturated carbocycles. The van der Waals surface area contributed by atoms with Crippen LogP contribution in [-0.2, 0) is 11.2 Å². The summed E-state index contributed by atoms with van der Waals surface area (Å²) in [7, 11) is 2.02. The Bertz CT molecular complexity index is 362. The largest absolute Gasteiger partial charge is 0.501 e. The number of hydrogen-bond acceptors (Lipinski definition) is 3. The van der Waals surface area contributed by atoms with Gasteiger partial charge in [-0.2, -0.15) is 0 Å². The number of aryl methyl sites for hydroxylation is 1. The molecule has 0 saturated heterocycles. The van der Waals surface area contributed by atoms with Crippen molar-refractivity contribution < 1.29 is 4.74 Å². The molecule has 1 unspecified atom stereocenters. The van der Waals surface area contributed by atoms with E-state index in [1.807, 2.05) is 25.7 Å². The highest BCUT2D eigenvalue weighted by Gasteiger charge is 2.15. The number of nitrogens with zero attached hydrogens (tertiary/aromatic N) is 1. The van der Waals surface area contributed by atoms with Crippen molar-refractivity contribution in [3.8, 4) is 0 Å². The van der Waals surface area contributed by atoms with E-state index in [2.05, 4.69) is 22.4 Å². The molecule has 0 aliphatic carbocycles. The fraction of sp³-hybridized carbons (Fsp3) is 0.500. The Labute approximate surface area is 103 Å². The second-order valence-electron chi connectivity index (χ2n) is 4.40. The number of rotatable bonds is 5. The molecule has 1 atom stereocenters. The molecule has 0 aromatic carbocycles. The summed E-state index contributed by atoms with van der Waals surface area (Å²) in [6.45, 7) is 0.865. The van der Waals surface area contributed by atoms with Gasteiger partial charge in [-0.05, 0) is 56.0 Å². The van der Waals surface area contributed by atoms with Gasteiger partial charge in [-0.3, -0.25) is 4.98 Å². The van der Waals surface area contributed by atoms with Crippen molar-refractivity contribution in [1.29, 1.82) is 0 Å². The average molecular weight is 232 g/mol. The highest BCUT2D eigenvalue weighted by molar-refractivity contribution is 5.14. The first-order valence-corrected chi connectivity index (χ1v) is 6.27. The zero-order valence-electron chi connectivity index (χ0n) is 10.4. The molecule has 2 rings (SSSR count). The lowest BCUT2D eigenvalue weighted by Gasteiger charge is -2.22. The summed E-state index contributed by atoms with van der Waals surface area (Å²) in [5, 5.41) is 3.38. The Morgan fingerprint density at radius 3 is 2.88 bits per heavy atom. The number of likely N-dealkylation sites (N-methyl/N-ethyl adjacent to an activating group) is 1. The molecule has 3 heteroatoms. The van der Waals surface area contributed by atoms with E-state index in [0.29, 0.717) is 6.04 Å². The van der Waals surface area contributed by atoms with Crippen LogP contribution in [0.25, 0.3) is 0 Å². The molecule has 1 N–H and O–H groups in total. The second-order valence-corrected chi connectivity index (χ2v) is 4.40. The topological polar surface area (TPSA) is 34.2 Å². The Morgan fingerprint density at radius 2 is 2.24 bits per heavy atom. The second kappa shape index (κ2) is 6.40. The molecule has 0 amide bonds. The third-order valence-electron chi connectivity index (χ3n) is 3.23. The molecule has 1 aromatic heterocycles. The van der Waals surface area contributed by atoms with E-state index in [0.717, 1.165) is 32.3 Å². The Morgan fingerprint density at radius 1 is 1.41 bits per heavy atom.